The zero-order valence-electron chi connectivity index (χ0n) is 18.3. The van der Waals surface area contributed by atoms with Crippen LogP contribution in [0.15, 0.2) is 40.3 Å². The molecule has 0 aliphatic heterocycles. The van der Waals surface area contributed by atoms with Gasteiger partial charge in [0.25, 0.3) is 5.56 Å². The van der Waals surface area contributed by atoms with E-state index < -0.39 is 0 Å². The van der Waals surface area contributed by atoms with Gasteiger partial charge >= 0.3 is 0 Å². The third kappa shape index (κ3) is 4.37. The monoisotopic (exact) mass is 427 g/mol. The van der Waals surface area contributed by atoms with Crippen LogP contribution in [0.4, 0.5) is 0 Å². The average molecular weight is 428 g/mol. The zero-order valence-corrected chi connectivity index (χ0v) is 19.1. The molecule has 30 heavy (non-hydrogen) atoms. The van der Waals surface area contributed by atoms with E-state index in [2.05, 4.69) is 4.57 Å². The highest BCUT2D eigenvalue weighted by molar-refractivity contribution is 7.99. The highest BCUT2D eigenvalue weighted by Crippen LogP contribution is 2.24. The Kier molecular flexibility index (Phi) is 7.15. The number of thioether (sulfide) groups is 1. The normalized spacial score (nSPS) is 12.4. The number of para-hydroxylation sites is 1. The number of fused-ring (bicyclic) bond motifs is 1. The quantitative estimate of drug-likeness (QED) is 0.288. The summed E-state index contributed by atoms with van der Waals surface area (Å²) in [7, 11) is 1.67. The van der Waals surface area contributed by atoms with Crippen LogP contribution in [-0.4, -0.2) is 39.4 Å². The Bertz CT molecular complexity index is 1120. The van der Waals surface area contributed by atoms with Gasteiger partial charge in [0, 0.05) is 36.6 Å². The lowest BCUT2D eigenvalue weighted by Gasteiger charge is -2.18. The molecule has 1 atom stereocenters. The molecule has 0 saturated heterocycles. The minimum absolute atomic E-state index is 0.00585. The predicted molar refractivity (Wildman–Crippen MR) is 122 cm³/mol. The summed E-state index contributed by atoms with van der Waals surface area (Å²) in [6.07, 6.45) is 0.808. The molecule has 0 bridgehead atoms. The van der Waals surface area contributed by atoms with Crippen LogP contribution in [0.1, 0.15) is 48.1 Å². The topological polar surface area (TPSA) is 66.1 Å². The Morgan fingerprint density at radius 3 is 2.70 bits per heavy atom. The third-order valence-corrected chi connectivity index (χ3v) is 6.49. The van der Waals surface area contributed by atoms with Crippen molar-refractivity contribution in [1.82, 2.24) is 14.1 Å². The van der Waals surface area contributed by atoms with Gasteiger partial charge in [-0.1, -0.05) is 30.8 Å². The molecule has 2 heterocycles. The van der Waals surface area contributed by atoms with Crippen molar-refractivity contribution in [3.05, 3.63) is 57.6 Å². The summed E-state index contributed by atoms with van der Waals surface area (Å²) in [5, 5.41) is 1.20. The molecule has 0 aliphatic carbocycles. The average Bonchev–Trinajstić information content (AvgIpc) is 3.03. The Labute approximate surface area is 181 Å². The number of ether oxygens (including phenoxy) is 1. The summed E-state index contributed by atoms with van der Waals surface area (Å²) < 4.78 is 9.00. The van der Waals surface area contributed by atoms with Gasteiger partial charge in [-0.3, -0.25) is 14.2 Å². The van der Waals surface area contributed by atoms with E-state index in [1.165, 1.54) is 11.8 Å². The van der Waals surface area contributed by atoms with E-state index >= 15 is 0 Å². The van der Waals surface area contributed by atoms with Gasteiger partial charge in [0.2, 0.25) is 0 Å². The molecule has 2 aromatic heterocycles. The van der Waals surface area contributed by atoms with Gasteiger partial charge in [0.15, 0.2) is 10.9 Å². The summed E-state index contributed by atoms with van der Waals surface area (Å²) >= 11 is 1.33. The van der Waals surface area contributed by atoms with Gasteiger partial charge in [-0.05, 0) is 45.4 Å². The maximum atomic E-state index is 13.1. The maximum absolute atomic E-state index is 13.1. The van der Waals surface area contributed by atoms with E-state index in [9.17, 15) is 9.59 Å². The fraction of sp³-hybridized carbons (Fsp3) is 0.435. The lowest BCUT2D eigenvalue weighted by molar-refractivity contribution is 0.102. The number of rotatable bonds is 9. The van der Waals surface area contributed by atoms with Crippen molar-refractivity contribution < 1.29 is 9.53 Å². The second-order valence-corrected chi connectivity index (χ2v) is 8.43. The van der Waals surface area contributed by atoms with Crippen LogP contribution in [0.3, 0.4) is 0 Å². The molecular formula is C23H29N3O3S. The van der Waals surface area contributed by atoms with Crippen LogP contribution >= 0.6 is 11.8 Å². The summed E-state index contributed by atoms with van der Waals surface area (Å²) in [5.41, 5.74) is 3.31. The molecule has 0 amide bonds. The summed E-state index contributed by atoms with van der Waals surface area (Å²) in [4.78, 5) is 30.8. The fourth-order valence-corrected chi connectivity index (χ4v) is 4.60. The number of hydrogen-bond donors (Lipinski definition) is 0. The zero-order chi connectivity index (χ0) is 21.8. The number of methoxy groups -OCH3 is 1. The van der Waals surface area contributed by atoms with Crippen LogP contribution in [0.5, 0.6) is 0 Å². The number of nitrogens with zero attached hydrogens (tertiary/aromatic N) is 3. The van der Waals surface area contributed by atoms with Gasteiger partial charge in [-0.15, -0.1) is 0 Å². The van der Waals surface area contributed by atoms with Gasteiger partial charge in [0.05, 0.1) is 23.3 Å². The van der Waals surface area contributed by atoms with Crippen LogP contribution in [0.25, 0.3) is 10.9 Å². The molecule has 0 spiro atoms. The molecule has 0 radical (unpaired) electrons. The van der Waals surface area contributed by atoms with Crippen LogP contribution in [-0.2, 0) is 11.3 Å². The highest BCUT2D eigenvalue weighted by atomic mass is 32.2. The molecule has 7 heteroatoms. The number of hydrogen-bond acceptors (Lipinski definition) is 5. The van der Waals surface area contributed by atoms with Crippen LogP contribution < -0.4 is 5.56 Å². The molecule has 3 rings (SSSR count). The lowest BCUT2D eigenvalue weighted by atomic mass is 10.2. The van der Waals surface area contributed by atoms with Crippen LogP contribution in [0.2, 0.25) is 0 Å². The first-order valence-electron chi connectivity index (χ1n) is 10.2. The fourth-order valence-electron chi connectivity index (χ4n) is 3.62. The van der Waals surface area contributed by atoms with Gasteiger partial charge < -0.3 is 9.30 Å². The molecule has 0 saturated carbocycles. The number of carbonyl (C=O) groups is 1. The smallest absolute Gasteiger partial charge is 0.262 e. The Hall–Kier alpha value is -2.38. The number of carbonyl (C=O) groups excluding carboxylic acids is 1. The minimum Gasteiger partial charge on any atom is -0.383 e. The number of aromatic nitrogens is 3. The van der Waals surface area contributed by atoms with Crippen molar-refractivity contribution in [3.63, 3.8) is 0 Å². The van der Waals surface area contributed by atoms with E-state index in [1.54, 1.807) is 17.7 Å². The molecule has 0 N–H and O–H groups in total. The van der Waals surface area contributed by atoms with E-state index in [-0.39, 0.29) is 23.1 Å². The summed E-state index contributed by atoms with van der Waals surface area (Å²) in [6.45, 7) is 9.32. The molecule has 3 aromatic rings. The molecule has 1 unspecified atom stereocenters. The SMILES string of the molecule is CCC(C)n1c(SCC(=O)c2cc(C)n(CCOC)c2C)nc2ccccc2c1=O. The van der Waals surface area contributed by atoms with Crippen molar-refractivity contribution in [3.8, 4) is 0 Å². The summed E-state index contributed by atoms with van der Waals surface area (Å²) in [5.74, 6) is 0.269. The van der Waals surface area contributed by atoms with E-state index in [1.807, 2.05) is 52.0 Å². The Morgan fingerprint density at radius 1 is 1.27 bits per heavy atom. The Balaban J connectivity index is 1.90. The number of benzene rings is 1. The standard InChI is InChI=1S/C23H29N3O3S/c1-6-15(2)26-22(28)18-9-7-8-10-20(18)24-23(26)30-14-21(27)19-13-16(3)25(17(19)4)11-12-29-5/h7-10,13,15H,6,11-12,14H2,1-5H3. The highest BCUT2D eigenvalue weighted by Gasteiger charge is 2.19. The van der Waals surface area contributed by atoms with E-state index in [4.69, 9.17) is 9.72 Å². The first-order chi connectivity index (χ1) is 14.4. The van der Waals surface area contributed by atoms with Crippen molar-refractivity contribution in [2.75, 3.05) is 19.5 Å². The van der Waals surface area contributed by atoms with Crippen molar-refractivity contribution in [2.45, 2.75) is 51.9 Å². The first kappa shape index (κ1) is 22.3. The summed E-state index contributed by atoms with van der Waals surface area (Å²) in [6, 6.07) is 9.30. The Morgan fingerprint density at radius 2 is 2.00 bits per heavy atom. The van der Waals surface area contributed by atoms with Gasteiger partial charge in [-0.2, -0.15) is 0 Å². The maximum Gasteiger partial charge on any atom is 0.262 e. The van der Waals surface area contributed by atoms with E-state index in [0.717, 1.165) is 17.8 Å². The molecule has 0 fully saturated rings. The molecule has 6 nitrogen and oxygen atoms in total. The van der Waals surface area contributed by atoms with Gasteiger partial charge in [-0.25, -0.2) is 4.98 Å². The second-order valence-electron chi connectivity index (χ2n) is 7.49. The minimum atomic E-state index is -0.0531. The molecule has 1 aromatic carbocycles. The predicted octanol–water partition coefficient (Wildman–Crippen LogP) is 4.41. The molecule has 0 aliphatic rings. The molecular weight excluding hydrogens is 398 g/mol. The van der Waals surface area contributed by atoms with Crippen molar-refractivity contribution in [1.29, 1.82) is 0 Å². The van der Waals surface area contributed by atoms with Crippen molar-refractivity contribution in [2.24, 2.45) is 0 Å². The second kappa shape index (κ2) is 9.62. The van der Waals surface area contributed by atoms with Crippen molar-refractivity contribution >= 4 is 28.4 Å². The van der Waals surface area contributed by atoms with Crippen LogP contribution in [0, 0.1) is 13.8 Å². The van der Waals surface area contributed by atoms with Gasteiger partial charge in [0.1, 0.15) is 0 Å². The third-order valence-electron chi connectivity index (χ3n) is 5.53. The van der Waals surface area contributed by atoms with E-state index in [0.29, 0.717) is 34.8 Å². The molecule has 160 valence electrons. The number of ketones is 1. The largest absolute Gasteiger partial charge is 0.383 e. The lowest BCUT2D eigenvalue weighted by Crippen LogP contribution is -2.26. The number of aryl methyl sites for hydroxylation is 1. The number of Topliss-reactive ketones (excluding diaryl/α,β-unsaturated/α-hetero) is 1. The first-order valence-corrected chi connectivity index (χ1v) is 11.2.